The van der Waals surface area contributed by atoms with Gasteiger partial charge in [0, 0.05) is 12.6 Å². The summed E-state index contributed by atoms with van der Waals surface area (Å²) in [6.07, 6.45) is 0. The smallest absolute Gasteiger partial charge is 0.271 e. The van der Waals surface area contributed by atoms with Gasteiger partial charge in [-0.1, -0.05) is 6.07 Å². The Kier molecular flexibility index (Phi) is 3.01. The molecule has 88 valence electrons. The number of hydrogen-bond acceptors (Lipinski definition) is 3. The van der Waals surface area contributed by atoms with E-state index in [0.717, 1.165) is 4.68 Å². The molecule has 5 heteroatoms. The van der Waals surface area contributed by atoms with Gasteiger partial charge in [0.15, 0.2) is 0 Å². The zero-order valence-corrected chi connectivity index (χ0v) is 9.35. The Bertz CT molecular complexity index is 607. The van der Waals surface area contributed by atoms with Gasteiger partial charge in [-0.2, -0.15) is 9.78 Å². The fourth-order valence-corrected chi connectivity index (χ4v) is 1.58. The molecular weight excluding hydrogens is 221 g/mol. The van der Waals surface area contributed by atoms with Crippen molar-refractivity contribution in [3.8, 4) is 5.69 Å². The van der Waals surface area contributed by atoms with Gasteiger partial charge in [-0.25, -0.2) is 4.39 Å². The predicted molar refractivity (Wildman–Crippen MR) is 62.4 cm³/mol. The van der Waals surface area contributed by atoms with E-state index in [4.69, 9.17) is 5.73 Å². The summed E-state index contributed by atoms with van der Waals surface area (Å²) < 4.78 is 14.2. The maximum atomic E-state index is 13.1. The van der Waals surface area contributed by atoms with Crippen LogP contribution >= 0.6 is 0 Å². The number of rotatable bonds is 2. The highest BCUT2D eigenvalue weighted by molar-refractivity contribution is 5.32. The average molecular weight is 233 g/mol. The van der Waals surface area contributed by atoms with Crippen LogP contribution in [-0.2, 0) is 6.54 Å². The Balaban J connectivity index is 2.61. The number of aromatic nitrogens is 2. The maximum absolute atomic E-state index is 13.1. The highest BCUT2D eigenvalue weighted by Gasteiger charge is 2.06. The van der Waals surface area contributed by atoms with E-state index < -0.39 is 5.82 Å². The van der Waals surface area contributed by atoms with Crippen molar-refractivity contribution in [2.45, 2.75) is 13.5 Å². The predicted octanol–water partition coefficient (Wildman–Crippen LogP) is 1.14. The molecule has 17 heavy (non-hydrogen) atoms. The third-order valence-corrected chi connectivity index (χ3v) is 2.49. The molecule has 2 N–H and O–H groups in total. The summed E-state index contributed by atoms with van der Waals surface area (Å²) in [7, 11) is 0. The summed E-state index contributed by atoms with van der Waals surface area (Å²) in [5.74, 6) is -0.406. The van der Waals surface area contributed by atoms with Crippen LogP contribution in [0.15, 0.2) is 35.1 Å². The molecular formula is C12H12FN3O. The lowest BCUT2D eigenvalue weighted by Crippen LogP contribution is -2.23. The molecule has 0 aliphatic heterocycles. The molecule has 0 aliphatic carbocycles. The molecule has 0 fully saturated rings. The molecule has 0 unspecified atom stereocenters. The normalized spacial score (nSPS) is 10.5. The lowest BCUT2D eigenvalue weighted by molar-refractivity contribution is 0.624. The summed E-state index contributed by atoms with van der Waals surface area (Å²) in [6.45, 7) is 2.02. The van der Waals surface area contributed by atoms with Crippen molar-refractivity contribution in [2.75, 3.05) is 0 Å². The largest absolute Gasteiger partial charge is 0.326 e. The minimum absolute atomic E-state index is 0.262. The van der Waals surface area contributed by atoms with Crippen molar-refractivity contribution in [2.24, 2.45) is 5.73 Å². The molecule has 2 rings (SSSR count). The van der Waals surface area contributed by atoms with Gasteiger partial charge in [-0.05, 0) is 30.7 Å². The fourth-order valence-electron chi connectivity index (χ4n) is 1.58. The molecule has 2 aromatic rings. The molecule has 0 atom stereocenters. The highest BCUT2D eigenvalue weighted by Crippen LogP contribution is 2.07. The van der Waals surface area contributed by atoms with Crippen molar-refractivity contribution in [3.05, 3.63) is 57.8 Å². The third-order valence-electron chi connectivity index (χ3n) is 2.49. The standard InChI is InChI=1S/C12H12FN3O/c1-8-9(7-14)5-12(17)16(15-8)11-4-2-3-10(13)6-11/h2-6H,7,14H2,1H3. The summed E-state index contributed by atoms with van der Waals surface area (Å²) in [5, 5.41) is 4.11. The van der Waals surface area contributed by atoms with Crippen LogP contribution in [0.1, 0.15) is 11.3 Å². The van der Waals surface area contributed by atoms with E-state index in [0.29, 0.717) is 16.9 Å². The van der Waals surface area contributed by atoms with Gasteiger partial charge in [0.1, 0.15) is 5.82 Å². The van der Waals surface area contributed by atoms with E-state index in [2.05, 4.69) is 5.10 Å². The molecule has 0 radical (unpaired) electrons. The fraction of sp³-hybridized carbons (Fsp3) is 0.167. The van der Waals surface area contributed by atoms with E-state index in [1.54, 1.807) is 13.0 Å². The van der Waals surface area contributed by atoms with Crippen molar-refractivity contribution < 1.29 is 4.39 Å². The van der Waals surface area contributed by atoms with E-state index in [9.17, 15) is 9.18 Å². The van der Waals surface area contributed by atoms with Crippen LogP contribution in [-0.4, -0.2) is 9.78 Å². The molecule has 1 aromatic carbocycles. The zero-order chi connectivity index (χ0) is 12.4. The Hall–Kier alpha value is -2.01. The van der Waals surface area contributed by atoms with Crippen LogP contribution in [0.5, 0.6) is 0 Å². The van der Waals surface area contributed by atoms with E-state index in [1.165, 1.54) is 24.3 Å². The van der Waals surface area contributed by atoms with Crippen LogP contribution in [0.3, 0.4) is 0 Å². The Morgan fingerprint density at radius 2 is 2.18 bits per heavy atom. The first kappa shape index (κ1) is 11.5. The zero-order valence-electron chi connectivity index (χ0n) is 9.35. The first-order valence-electron chi connectivity index (χ1n) is 5.17. The first-order valence-corrected chi connectivity index (χ1v) is 5.17. The summed E-state index contributed by atoms with van der Waals surface area (Å²) in [6, 6.07) is 7.16. The molecule has 1 heterocycles. The SMILES string of the molecule is Cc1nn(-c2cccc(F)c2)c(=O)cc1CN. The average Bonchev–Trinajstić information content (AvgIpc) is 2.31. The van der Waals surface area contributed by atoms with Crippen LogP contribution in [0.2, 0.25) is 0 Å². The first-order chi connectivity index (χ1) is 8.11. The van der Waals surface area contributed by atoms with Gasteiger partial charge in [-0.15, -0.1) is 0 Å². The van der Waals surface area contributed by atoms with Crippen LogP contribution in [0, 0.1) is 12.7 Å². The lowest BCUT2D eigenvalue weighted by atomic mass is 10.2. The highest BCUT2D eigenvalue weighted by atomic mass is 19.1. The van der Waals surface area contributed by atoms with E-state index in [-0.39, 0.29) is 12.1 Å². The van der Waals surface area contributed by atoms with Gasteiger partial charge < -0.3 is 5.73 Å². The number of nitrogens with zero attached hydrogens (tertiary/aromatic N) is 2. The van der Waals surface area contributed by atoms with E-state index in [1.807, 2.05) is 0 Å². The van der Waals surface area contributed by atoms with Gasteiger partial charge in [0.25, 0.3) is 5.56 Å². The monoisotopic (exact) mass is 233 g/mol. The van der Waals surface area contributed by atoms with Crippen molar-refractivity contribution >= 4 is 0 Å². The van der Waals surface area contributed by atoms with Crippen LogP contribution in [0.4, 0.5) is 4.39 Å². The van der Waals surface area contributed by atoms with Crippen LogP contribution < -0.4 is 11.3 Å². The van der Waals surface area contributed by atoms with E-state index >= 15 is 0 Å². The number of halogens is 1. The minimum atomic E-state index is -0.406. The minimum Gasteiger partial charge on any atom is -0.326 e. The van der Waals surface area contributed by atoms with Crippen molar-refractivity contribution in [1.82, 2.24) is 9.78 Å². The molecule has 4 nitrogen and oxygen atoms in total. The quantitative estimate of drug-likeness (QED) is 0.846. The second-order valence-electron chi connectivity index (χ2n) is 3.69. The van der Waals surface area contributed by atoms with Crippen LogP contribution in [0.25, 0.3) is 5.69 Å². The van der Waals surface area contributed by atoms with Gasteiger partial charge in [0.2, 0.25) is 0 Å². The van der Waals surface area contributed by atoms with Gasteiger partial charge in [0.05, 0.1) is 11.4 Å². The Morgan fingerprint density at radius 1 is 1.41 bits per heavy atom. The van der Waals surface area contributed by atoms with Crippen molar-refractivity contribution in [1.29, 1.82) is 0 Å². The second-order valence-corrected chi connectivity index (χ2v) is 3.69. The molecule has 0 aliphatic rings. The molecule has 0 saturated heterocycles. The Morgan fingerprint density at radius 3 is 2.82 bits per heavy atom. The van der Waals surface area contributed by atoms with Crippen molar-refractivity contribution in [3.63, 3.8) is 0 Å². The maximum Gasteiger partial charge on any atom is 0.271 e. The number of hydrogen-bond donors (Lipinski definition) is 1. The molecule has 0 saturated carbocycles. The summed E-state index contributed by atoms with van der Waals surface area (Å²) in [4.78, 5) is 11.8. The Labute approximate surface area is 97.5 Å². The molecule has 0 amide bonds. The molecule has 0 bridgehead atoms. The topological polar surface area (TPSA) is 60.9 Å². The molecule has 1 aromatic heterocycles. The molecule has 0 spiro atoms. The lowest BCUT2D eigenvalue weighted by Gasteiger charge is -2.07. The second kappa shape index (κ2) is 4.47. The number of aryl methyl sites for hydroxylation is 1. The third kappa shape index (κ3) is 2.24. The number of benzene rings is 1. The number of nitrogens with two attached hydrogens (primary N) is 1. The van der Waals surface area contributed by atoms with Gasteiger partial charge in [-0.3, -0.25) is 4.79 Å². The summed E-state index contributed by atoms with van der Waals surface area (Å²) in [5.41, 5.74) is 6.93. The summed E-state index contributed by atoms with van der Waals surface area (Å²) >= 11 is 0. The van der Waals surface area contributed by atoms with Gasteiger partial charge >= 0.3 is 0 Å².